The maximum atomic E-state index is 12.5. The van der Waals surface area contributed by atoms with Crippen molar-refractivity contribution >= 4 is 23.8 Å². The van der Waals surface area contributed by atoms with Crippen LogP contribution in [0, 0.1) is 5.92 Å². The van der Waals surface area contributed by atoms with Crippen molar-refractivity contribution in [1.29, 1.82) is 0 Å². The lowest BCUT2D eigenvalue weighted by molar-refractivity contribution is -0.145. The number of nitrogens with zero attached hydrogens (tertiary/aromatic N) is 1. The molecule has 0 spiro atoms. The summed E-state index contributed by atoms with van der Waals surface area (Å²) >= 11 is 0. The number of aromatic nitrogens is 1. The summed E-state index contributed by atoms with van der Waals surface area (Å²) in [5.41, 5.74) is 4.67. The Kier molecular flexibility index (Phi) is 5.71. The van der Waals surface area contributed by atoms with E-state index in [9.17, 15) is 14.4 Å². The first kappa shape index (κ1) is 21.6. The van der Waals surface area contributed by atoms with E-state index in [0.717, 1.165) is 22.3 Å². The van der Waals surface area contributed by atoms with Gasteiger partial charge in [-0.25, -0.2) is 9.78 Å². The minimum absolute atomic E-state index is 0.0553. The lowest BCUT2D eigenvalue weighted by Crippen LogP contribution is -2.46. The zero-order valence-corrected chi connectivity index (χ0v) is 18.2. The van der Waals surface area contributed by atoms with E-state index in [-0.39, 0.29) is 30.1 Å². The molecule has 2 aliphatic carbocycles. The van der Waals surface area contributed by atoms with Crippen LogP contribution in [0.25, 0.3) is 11.1 Å². The van der Waals surface area contributed by atoms with Gasteiger partial charge in [0.05, 0.1) is 5.92 Å². The number of hydrogen-bond donors (Lipinski definition) is 3. The monoisotopic (exact) mass is 457 g/mol. The zero-order chi connectivity index (χ0) is 23.7. The fourth-order valence-corrected chi connectivity index (χ4v) is 4.57. The number of amides is 2. The Bertz CT molecular complexity index is 1220. The molecule has 3 aromatic rings. The summed E-state index contributed by atoms with van der Waals surface area (Å²) in [5.74, 6) is -1.54. The highest BCUT2D eigenvalue weighted by atomic mass is 16.5. The van der Waals surface area contributed by atoms with Crippen LogP contribution in [0.15, 0.2) is 66.7 Å². The molecule has 8 heteroatoms. The highest BCUT2D eigenvalue weighted by molar-refractivity contribution is 5.93. The van der Waals surface area contributed by atoms with Crippen LogP contribution in [0.3, 0.4) is 0 Å². The number of carboxylic acid groups (broad SMARTS) is 1. The van der Waals surface area contributed by atoms with E-state index in [1.54, 1.807) is 12.1 Å². The van der Waals surface area contributed by atoms with E-state index < -0.39 is 23.9 Å². The van der Waals surface area contributed by atoms with Gasteiger partial charge in [-0.15, -0.1) is 0 Å². The van der Waals surface area contributed by atoms with E-state index in [1.807, 2.05) is 36.4 Å². The van der Waals surface area contributed by atoms with Crippen molar-refractivity contribution in [2.24, 2.45) is 5.92 Å². The predicted molar refractivity (Wildman–Crippen MR) is 125 cm³/mol. The molecule has 3 N–H and O–H groups in total. The SMILES string of the molecule is O=C(Nc1cccc(C(=O)NC2CC(C(=O)O)C2)n1)OCC1c2ccccc2-c2ccccc21. The van der Waals surface area contributed by atoms with Crippen LogP contribution in [0.4, 0.5) is 10.6 Å². The standard InChI is InChI=1S/C26H23N3O5/c30-24(27-16-12-15(13-16)25(31)32)22-10-5-11-23(28-22)29-26(33)34-14-21-19-8-3-1-6-17(19)18-7-2-4-9-20(18)21/h1-11,15-16,21H,12-14H2,(H,27,30)(H,31,32)(H,28,29,33). The molecule has 34 heavy (non-hydrogen) atoms. The number of aliphatic carboxylic acids is 1. The van der Waals surface area contributed by atoms with Gasteiger partial charge in [0, 0.05) is 12.0 Å². The van der Waals surface area contributed by atoms with Gasteiger partial charge in [-0.05, 0) is 47.2 Å². The van der Waals surface area contributed by atoms with E-state index in [0.29, 0.717) is 12.8 Å². The topological polar surface area (TPSA) is 118 Å². The Labute approximate surface area is 196 Å². The summed E-state index contributed by atoms with van der Waals surface area (Å²) < 4.78 is 5.52. The largest absolute Gasteiger partial charge is 0.481 e. The molecule has 0 unspecified atom stereocenters. The Hall–Kier alpha value is -4.20. The van der Waals surface area contributed by atoms with Crippen LogP contribution < -0.4 is 10.6 Å². The summed E-state index contributed by atoms with van der Waals surface area (Å²) in [6.45, 7) is 0.173. The number of hydrogen-bond acceptors (Lipinski definition) is 5. The molecule has 0 saturated heterocycles. The van der Waals surface area contributed by atoms with Crippen LogP contribution in [-0.4, -0.2) is 40.7 Å². The van der Waals surface area contributed by atoms with Gasteiger partial charge in [0.2, 0.25) is 0 Å². The van der Waals surface area contributed by atoms with Crippen molar-refractivity contribution in [3.8, 4) is 11.1 Å². The van der Waals surface area contributed by atoms with Crippen LogP contribution >= 0.6 is 0 Å². The maximum absolute atomic E-state index is 12.5. The third-order valence-electron chi connectivity index (χ3n) is 6.38. The number of benzene rings is 2. The van der Waals surface area contributed by atoms with Gasteiger partial charge in [0.15, 0.2) is 0 Å². The molecule has 8 nitrogen and oxygen atoms in total. The molecule has 1 heterocycles. The Balaban J connectivity index is 1.19. The number of carbonyl (C=O) groups excluding carboxylic acids is 2. The smallest absolute Gasteiger partial charge is 0.412 e. The van der Waals surface area contributed by atoms with Gasteiger partial charge in [-0.2, -0.15) is 0 Å². The fraction of sp³-hybridized carbons (Fsp3) is 0.231. The number of carboxylic acids is 1. The first-order chi connectivity index (χ1) is 16.5. The average molecular weight is 457 g/mol. The normalized spacial score (nSPS) is 18.2. The number of nitrogens with one attached hydrogen (secondary N) is 2. The number of carbonyl (C=O) groups is 3. The highest BCUT2D eigenvalue weighted by Gasteiger charge is 2.35. The van der Waals surface area contributed by atoms with Crippen LogP contribution in [0.5, 0.6) is 0 Å². The van der Waals surface area contributed by atoms with Crippen molar-refractivity contribution in [3.05, 3.63) is 83.6 Å². The molecule has 2 aromatic carbocycles. The van der Waals surface area contributed by atoms with E-state index in [2.05, 4.69) is 27.8 Å². The number of rotatable bonds is 6. The number of pyridine rings is 1. The van der Waals surface area contributed by atoms with Gasteiger partial charge in [-0.3, -0.25) is 14.9 Å². The summed E-state index contributed by atoms with van der Waals surface area (Å²) in [6, 6.07) is 20.7. The second-order valence-corrected chi connectivity index (χ2v) is 8.54. The number of anilines is 1. The van der Waals surface area contributed by atoms with Gasteiger partial charge in [0.1, 0.15) is 18.1 Å². The molecule has 172 valence electrons. The van der Waals surface area contributed by atoms with Gasteiger partial charge < -0.3 is 15.2 Å². The third kappa shape index (κ3) is 4.22. The van der Waals surface area contributed by atoms with E-state index in [1.165, 1.54) is 6.07 Å². The van der Waals surface area contributed by atoms with E-state index in [4.69, 9.17) is 9.84 Å². The van der Waals surface area contributed by atoms with Crippen LogP contribution in [0.1, 0.15) is 40.4 Å². The lowest BCUT2D eigenvalue weighted by Gasteiger charge is -2.32. The van der Waals surface area contributed by atoms with Crippen molar-refractivity contribution in [2.45, 2.75) is 24.8 Å². The Morgan fingerprint density at radius 3 is 2.21 bits per heavy atom. The minimum Gasteiger partial charge on any atom is -0.481 e. The molecule has 0 atom stereocenters. The summed E-state index contributed by atoms with van der Waals surface area (Å²) in [6.07, 6.45) is 0.146. The molecular weight excluding hydrogens is 434 g/mol. The lowest BCUT2D eigenvalue weighted by atomic mass is 9.80. The zero-order valence-electron chi connectivity index (χ0n) is 18.2. The van der Waals surface area contributed by atoms with Crippen molar-refractivity contribution < 1.29 is 24.2 Å². The minimum atomic E-state index is -0.849. The quantitative estimate of drug-likeness (QED) is 0.514. The number of fused-ring (bicyclic) bond motifs is 3. The second kappa shape index (κ2) is 8.97. The van der Waals surface area contributed by atoms with Gasteiger partial charge in [0.25, 0.3) is 5.91 Å². The molecular formula is C26H23N3O5. The summed E-state index contributed by atoms with van der Waals surface area (Å²) in [7, 11) is 0. The number of ether oxygens (including phenoxy) is 1. The van der Waals surface area contributed by atoms with E-state index >= 15 is 0 Å². The molecule has 0 aliphatic heterocycles. The Morgan fingerprint density at radius 1 is 0.912 bits per heavy atom. The molecule has 1 saturated carbocycles. The molecule has 2 aliphatic rings. The molecule has 0 radical (unpaired) electrons. The Morgan fingerprint density at radius 2 is 1.56 bits per heavy atom. The highest BCUT2D eigenvalue weighted by Crippen LogP contribution is 2.44. The van der Waals surface area contributed by atoms with Crippen molar-refractivity contribution in [2.75, 3.05) is 11.9 Å². The molecule has 1 fully saturated rings. The fourth-order valence-electron chi connectivity index (χ4n) is 4.57. The van der Waals surface area contributed by atoms with Crippen molar-refractivity contribution in [1.82, 2.24) is 10.3 Å². The second-order valence-electron chi connectivity index (χ2n) is 8.54. The molecule has 2 amide bonds. The van der Waals surface area contributed by atoms with Gasteiger partial charge in [-0.1, -0.05) is 54.6 Å². The van der Waals surface area contributed by atoms with Crippen molar-refractivity contribution in [3.63, 3.8) is 0 Å². The maximum Gasteiger partial charge on any atom is 0.412 e. The predicted octanol–water partition coefficient (Wildman–Crippen LogP) is 4.04. The van der Waals surface area contributed by atoms with Gasteiger partial charge >= 0.3 is 12.1 Å². The summed E-state index contributed by atoms with van der Waals surface area (Å²) in [5, 5.41) is 14.3. The summed E-state index contributed by atoms with van der Waals surface area (Å²) in [4.78, 5) is 40.0. The van der Waals surface area contributed by atoms with Crippen LogP contribution in [-0.2, 0) is 9.53 Å². The van der Waals surface area contributed by atoms with Crippen LogP contribution in [0.2, 0.25) is 0 Å². The average Bonchev–Trinajstić information content (AvgIpc) is 3.13. The first-order valence-electron chi connectivity index (χ1n) is 11.1. The third-order valence-corrected chi connectivity index (χ3v) is 6.38. The molecule has 5 rings (SSSR count). The first-order valence-corrected chi connectivity index (χ1v) is 11.1. The molecule has 1 aromatic heterocycles. The molecule has 0 bridgehead atoms.